The first-order valence-corrected chi connectivity index (χ1v) is 9.03. The molecule has 3 aromatic rings. The van der Waals surface area contributed by atoms with Crippen LogP contribution in [0.3, 0.4) is 0 Å². The van der Waals surface area contributed by atoms with Gasteiger partial charge in [0.05, 0.1) is 11.7 Å². The van der Waals surface area contributed by atoms with Crippen LogP contribution in [0.4, 0.5) is 5.69 Å². The first-order valence-electron chi connectivity index (χ1n) is 7.84. The minimum Gasteiger partial charge on any atom is -0.324 e. The van der Waals surface area contributed by atoms with Gasteiger partial charge in [-0.2, -0.15) is 0 Å². The van der Waals surface area contributed by atoms with Crippen LogP contribution < -0.4 is 10.9 Å². The van der Waals surface area contributed by atoms with Gasteiger partial charge < -0.3 is 5.32 Å². The lowest BCUT2D eigenvalue weighted by Gasteiger charge is -2.16. The number of nitrogens with zero attached hydrogens (tertiary/aromatic N) is 2. The molecule has 0 spiro atoms. The van der Waals surface area contributed by atoms with Crippen LogP contribution in [0.25, 0.3) is 10.2 Å². The summed E-state index contributed by atoms with van der Waals surface area (Å²) in [4.78, 5) is 31.5. The van der Waals surface area contributed by atoms with Gasteiger partial charge in [-0.3, -0.25) is 14.2 Å². The number of halogens is 1. The van der Waals surface area contributed by atoms with Gasteiger partial charge in [-0.05, 0) is 51.0 Å². The molecule has 0 saturated carbocycles. The molecule has 0 aliphatic heterocycles. The summed E-state index contributed by atoms with van der Waals surface area (Å²) in [6, 6.07) is 4.62. The highest BCUT2D eigenvalue weighted by Crippen LogP contribution is 2.26. The lowest BCUT2D eigenvalue weighted by atomic mass is 10.2. The van der Waals surface area contributed by atoms with Crippen molar-refractivity contribution in [3.8, 4) is 0 Å². The summed E-state index contributed by atoms with van der Waals surface area (Å²) in [5.74, 6) is -0.293. The van der Waals surface area contributed by atoms with Crippen LogP contribution in [0.15, 0.2) is 29.3 Å². The average molecular weight is 376 g/mol. The topological polar surface area (TPSA) is 64.0 Å². The molecule has 5 nitrogen and oxygen atoms in total. The molecule has 7 heteroatoms. The molecule has 3 rings (SSSR count). The van der Waals surface area contributed by atoms with Crippen LogP contribution in [0.5, 0.6) is 0 Å². The fraction of sp³-hybridized carbons (Fsp3) is 0.278. The number of anilines is 1. The van der Waals surface area contributed by atoms with Gasteiger partial charge in [0.2, 0.25) is 5.91 Å². The molecular weight excluding hydrogens is 358 g/mol. The molecule has 0 fully saturated rings. The molecule has 1 atom stereocenters. The summed E-state index contributed by atoms with van der Waals surface area (Å²) in [5.41, 5.74) is 2.14. The van der Waals surface area contributed by atoms with Crippen LogP contribution in [-0.4, -0.2) is 15.5 Å². The molecule has 0 aliphatic rings. The van der Waals surface area contributed by atoms with E-state index in [0.29, 0.717) is 20.9 Å². The van der Waals surface area contributed by atoms with Crippen molar-refractivity contribution in [3.63, 3.8) is 0 Å². The number of aryl methyl sites for hydroxylation is 2. The fourth-order valence-electron chi connectivity index (χ4n) is 2.63. The molecule has 130 valence electrons. The van der Waals surface area contributed by atoms with E-state index >= 15 is 0 Å². The van der Waals surface area contributed by atoms with Crippen molar-refractivity contribution in [2.75, 3.05) is 5.32 Å². The normalized spacial score (nSPS) is 12.4. The summed E-state index contributed by atoms with van der Waals surface area (Å²) in [5, 5.41) is 4.00. The number of hydrogen-bond acceptors (Lipinski definition) is 4. The Morgan fingerprint density at radius 2 is 2.00 bits per heavy atom. The molecule has 1 amide bonds. The molecule has 1 aromatic carbocycles. The molecule has 0 radical (unpaired) electrons. The molecule has 0 bridgehead atoms. The molecule has 1 N–H and O–H groups in total. The number of benzene rings is 1. The highest BCUT2D eigenvalue weighted by Gasteiger charge is 2.20. The van der Waals surface area contributed by atoms with Crippen molar-refractivity contribution in [3.05, 3.63) is 55.9 Å². The van der Waals surface area contributed by atoms with Gasteiger partial charge in [0, 0.05) is 15.6 Å². The van der Waals surface area contributed by atoms with E-state index in [9.17, 15) is 9.59 Å². The highest BCUT2D eigenvalue weighted by atomic mass is 35.5. The third kappa shape index (κ3) is 3.07. The smallest absolute Gasteiger partial charge is 0.263 e. The zero-order valence-corrected chi connectivity index (χ0v) is 16.0. The van der Waals surface area contributed by atoms with Crippen LogP contribution in [0.1, 0.15) is 29.0 Å². The first kappa shape index (κ1) is 17.6. The highest BCUT2D eigenvalue weighted by molar-refractivity contribution is 7.18. The van der Waals surface area contributed by atoms with E-state index in [0.717, 1.165) is 16.0 Å². The zero-order chi connectivity index (χ0) is 18.3. The number of carbonyl (C=O) groups is 1. The number of nitrogens with one attached hydrogen (secondary N) is 1. The van der Waals surface area contributed by atoms with E-state index in [2.05, 4.69) is 10.3 Å². The van der Waals surface area contributed by atoms with E-state index in [-0.39, 0.29) is 11.5 Å². The van der Waals surface area contributed by atoms with Crippen molar-refractivity contribution in [2.45, 2.75) is 33.7 Å². The Morgan fingerprint density at radius 3 is 2.72 bits per heavy atom. The Bertz CT molecular complexity index is 1040. The Labute approximate surface area is 154 Å². The quantitative estimate of drug-likeness (QED) is 0.744. The molecule has 0 saturated heterocycles. The Hall–Kier alpha value is -2.18. The molecule has 1 unspecified atom stereocenters. The number of carbonyl (C=O) groups excluding carboxylic acids is 1. The van der Waals surface area contributed by atoms with E-state index in [4.69, 9.17) is 11.6 Å². The van der Waals surface area contributed by atoms with Crippen LogP contribution in [-0.2, 0) is 4.79 Å². The number of thiophene rings is 1. The number of aromatic nitrogens is 2. The zero-order valence-electron chi connectivity index (χ0n) is 14.4. The summed E-state index contributed by atoms with van der Waals surface area (Å²) < 4.78 is 1.37. The number of amides is 1. The third-order valence-electron chi connectivity index (χ3n) is 4.44. The van der Waals surface area contributed by atoms with Gasteiger partial charge in [-0.25, -0.2) is 4.98 Å². The molecule has 2 heterocycles. The molecule has 2 aromatic heterocycles. The summed E-state index contributed by atoms with van der Waals surface area (Å²) in [6.45, 7) is 7.38. The van der Waals surface area contributed by atoms with Crippen molar-refractivity contribution >= 4 is 44.7 Å². The predicted molar refractivity (Wildman–Crippen MR) is 103 cm³/mol. The minimum atomic E-state index is -0.692. The second-order valence-electron chi connectivity index (χ2n) is 6.00. The third-order valence-corrected chi connectivity index (χ3v) is 5.96. The summed E-state index contributed by atoms with van der Waals surface area (Å²) >= 11 is 7.58. The monoisotopic (exact) mass is 375 g/mol. The number of hydrogen-bond donors (Lipinski definition) is 1. The Morgan fingerprint density at radius 1 is 1.28 bits per heavy atom. The summed E-state index contributed by atoms with van der Waals surface area (Å²) in [6.07, 6.45) is 1.44. The van der Waals surface area contributed by atoms with Crippen molar-refractivity contribution < 1.29 is 4.79 Å². The van der Waals surface area contributed by atoms with Gasteiger partial charge in [0.1, 0.15) is 10.9 Å². The van der Waals surface area contributed by atoms with E-state index in [1.807, 2.05) is 20.8 Å². The van der Waals surface area contributed by atoms with Gasteiger partial charge in [-0.15, -0.1) is 11.3 Å². The van der Waals surface area contributed by atoms with Crippen molar-refractivity contribution in [1.29, 1.82) is 0 Å². The van der Waals surface area contributed by atoms with Crippen LogP contribution in [0.2, 0.25) is 5.02 Å². The van der Waals surface area contributed by atoms with Crippen molar-refractivity contribution in [1.82, 2.24) is 9.55 Å². The first-order chi connectivity index (χ1) is 11.8. The van der Waals surface area contributed by atoms with Crippen LogP contribution in [0, 0.1) is 20.8 Å². The van der Waals surface area contributed by atoms with Gasteiger partial charge in [-0.1, -0.05) is 17.7 Å². The maximum Gasteiger partial charge on any atom is 0.263 e. The van der Waals surface area contributed by atoms with E-state index < -0.39 is 6.04 Å². The molecule has 25 heavy (non-hydrogen) atoms. The minimum absolute atomic E-state index is 0.197. The Kier molecular flexibility index (Phi) is 4.67. The summed E-state index contributed by atoms with van der Waals surface area (Å²) in [7, 11) is 0. The average Bonchev–Trinajstić information content (AvgIpc) is 2.87. The fourth-order valence-corrected chi connectivity index (χ4v) is 3.79. The van der Waals surface area contributed by atoms with Gasteiger partial charge >= 0.3 is 0 Å². The number of fused-ring (bicyclic) bond motifs is 1. The second kappa shape index (κ2) is 6.61. The lowest BCUT2D eigenvalue weighted by Crippen LogP contribution is -2.32. The van der Waals surface area contributed by atoms with E-state index in [1.54, 1.807) is 25.1 Å². The number of rotatable bonds is 3. The van der Waals surface area contributed by atoms with E-state index in [1.165, 1.54) is 22.2 Å². The Balaban J connectivity index is 1.96. The lowest BCUT2D eigenvalue weighted by molar-refractivity contribution is -0.118. The molecular formula is C18H18ClN3O2S. The van der Waals surface area contributed by atoms with Gasteiger partial charge in [0.25, 0.3) is 5.56 Å². The second-order valence-corrected chi connectivity index (χ2v) is 7.61. The standard InChI is InChI=1S/C18H18ClN3O2S/c1-9-12(4)25-17-15(9)18(24)22(8-20-17)11(3)16(23)21-14-7-5-6-13(19)10(14)2/h5-8,11H,1-4H3,(H,21,23). The maximum absolute atomic E-state index is 12.8. The van der Waals surface area contributed by atoms with Crippen molar-refractivity contribution in [2.24, 2.45) is 0 Å². The largest absolute Gasteiger partial charge is 0.324 e. The molecule has 0 aliphatic carbocycles. The van der Waals surface area contributed by atoms with Gasteiger partial charge in [0.15, 0.2) is 0 Å². The van der Waals surface area contributed by atoms with Crippen LogP contribution >= 0.6 is 22.9 Å². The predicted octanol–water partition coefficient (Wildman–Crippen LogP) is 4.24. The SMILES string of the molecule is Cc1sc2ncn(C(C)C(=O)Nc3cccc(Cl)c3C)c(=O)c2c1C. The maximum atomic E-state index is 12.8.